The summed E-state index contributed by atoms with van der Waals surface area (Å²) < 4.78 is 4.45. The molecule has 0 saturated carbocycles. The highest BCUT2D eigenvalue weighted by Crippen LogP contribution is 2.27. The van der Waals surface area contributed by atoms with Gasteiger partial charge in [-0.05, 0) is 19.1 Å². The number of carbonyl (C=O) groups excluding carboxylic acids is 2. The predicted octanol–water partition coefficient (Wildman–Crippen LogP) is 1.75. The van der Waals surface area contributed by atoms with E-state index in [1.807, 2.05) is 0 Å². The smallest absolute Gasteiger partial charge is 0.397 e. The number of hydrogen-bond acceptors (Lipinski definition) is 5. The lowest BCUT2D eigenvalue weighted by Crippen LogP contribution is -2.25. The first kappa shape index (κ1) is 13.9. The molecule has 0 aliphatic carbocycles. The van der Waals surface area contributed by atoms with Crippen LogP contribution in [0.4, 0.5) is 11.4 Å². The van der Waals surface area contributed by atoms with E-state index in [9.17, 15) is 19.7 Å². The molecule has 96 valence electrons. The number of anilines is 1. The van der Waals surface area contributed by atoms with E-state index < -0.39 is 22.5 Å². The third kappa shape index (κ3) is 3.42. The molecule has 0 radical (unpaired) electrons. The summed E-state index contributed by atoms with van der Waals surface area (Å²) in [5.41, 5.74) is -0.525. The standard InChI is InChI=1S/C10H9ClN2O5/c1-2-18-10(15)9(14)12-7-4-3-6(11)5-8(7)13(16)17/h3-5H,2H2,1H3,(H,12,14). The first-order valence-electron chi connectivity index (χ1n) is 4.87. The number of hydrogen-bond donors (Lipinski definition) is 1. The summed E-state index contributed by atoms with van der Waals surface area (Å²) in [6.45, 7) is 1.57. The second kappa shape index (κ2) is 5.97. The zero-order chi connectivity index (χ0) is 13.7. The number of amides is 1. The number of nitrogens with one attached hydrogen (secondary N) is 1. The fourth-order valence-corrected chi connectivity index (χ4v) is 1.30. The quantitative estimate of drug-likeness (QED) is 0.391. The van der Waals surface area contributed by atoms with Gasteiger partial charge in [0.05, 0.1) is 11.5 Å². The Morgan fingerprint density at radius 1 is 1.50 bits per heavy atom. The van der Waals surface area contributed by atoms with Gasteiger partial charge in [0.15, 0.2) is 0 Å². The second-order valence-electron chi connectivity index (χ2n) is 3.09. The van der Waals surface area contributed by atoms with Gasteiger partial charge >= 0.3 is 11.9 Å². The van der Waals surface area contributed by atoms with E-state index in [1.54, 1.807) is 0 Å². The molecule has 1 aromatic carbocycles. The topological polar surface area (TPSA) is 98.5 Å². The Morgan fingerprint density at radius 3 is 2.72 bits per heavy atom. The van der Waals surface area contributed by atoms with E-state index in [0.717, 1.165) is 6.07 Å². The summed E-state index contributed by atoms with van der Waals surface area (Å²) >= 11 is 5.60. The van der Waals surface area contributed by atoms with Crippen molar-refractivity contribution in [2.75, 3.05) is 11.9 Å². The molecule has 7 nitrogen and oxygen atoms in total. The number of nitrogens with zero attached hydrogens (tertiary/aromatic N) is 1. The van der Waals surface area contributed by atoms with E-state index in [1.165, 1.54) is 19.1 Å². The molecule has 0 spiro atoms. The van der Waals surface area contributed by atoms with Crippen molar-refractivity contribution in [1.82, 2.24) is 0 Å². The Morgan fingerprint density at radius 2 is 2.17 bits per heavy atom. The van der Waals surface area contributed by atoms with Gasteiger partial charge in [0.2, 0.25) is 0 Å². The normalized spacial score (nSPS) is 9.67. The molecule has 0 atom stereocenters. The Labute approximate surface area is 107 Å². The fourth-order valence-electron chi connectivity index (χ4n) is 1.13. The van der Waals surface area contributed by atoms with Gasteiger partial charge in [0.25, 0.3) is 5.69 Å². The third-order valence-corrected chi connectivity index (χ3v) is 2.10. The molecular formula is C10H9ClN2O5. The molecule has 0 aliphatic rings. The molecule has 0 bridgehead atoms. The molecule has 18 heavy (non-hydrogen) atoms. The van der Waals surface area contributed by atoms with Crippen LogP contribution in [0.2, 0.25) is 5.02 Å². The Kier molecular flexibility index (Phi) is 4.61. The Hall–Kier alpha value is -2.15. The van der Waals surface area contributed by atoms with Crippen molar-refractivity contribution in [3.05, 3.63) is 33.3 Å². The van der Waals surface area contributed by atoms with Crippen LogP contribution < -0.4 is 5.32 Å². The summed E-state index contributed by atoms with van der Waals surface area (Å²) in [5.74, 6) is -2.19. The lowest BCUT2D eigenvalue weighted by molar-refractivity contribution is -0.383. The SMILES string of the molecule is CCOC(=O)C(=O)Nc1ccc(Cl)cc1[N+](=O)[O-]. The maximum Gasteiger partial charge on any atom is 0.397 e. The van der Waals surface area contributed by atoms with Gasteiger partial charge in [0, 0.05) is 11.1 Å². The highest BCUT2D eigenvalue weighted by atomic mass is 35.5. The summed E-state index contributed by atoms with van der Waals surface area (Å²) in [5, 5.41) is 13.0. The number of ether oxygens (including phenoxy) is 1. The van der Waals surface area contributed by atoms with E-state index >= 15 is 0 Å². The van der Waals surface area contributed by atoms with Crippen LogP contribution >= 0.6 is 11.6 Å². The zero-order valence-electron chi connectivity index (χ0n) is 9.31. The third-order valence-electron chi connectivity index (χ3n) is 1.87. The van der Waals surface area contributed by atoms with Gasteiger partial charge in [-0.3, -0.25) is 14.9 Å². The fraction of sp³-hybridized carbons (Fsp3) is 0.200. The average molecular weight is 273 g/mol. The number of nitro groups is 1. The Bertz CT molecular complexity index is 503. The molecule has 0 unspecified atom stereocenters. The van der Waals surface area contributed by atoms with Crippen molar-refractivity contribution in [3.8, 4) is 0 Å². The molecule has 1 N–H and O–H groups in total. The maximum atomic E-state index is 11.3. The van der Waals surface area contributed by atoms with Gasteiger partial charge in [-0.1, -0.05) is 11.6 Å². The van der Waals surface area contributed by atoms with Crippen LogP contribution in [0.3, 0.4) is 0 Å². The summed E-state index contributed by atoms with van der Waals surface area (Å²) in [4.78, 5) is 32.4. The van der Waals surface area contributed by atoms with Crippen LogP contribution in [0.5, 0.6) is 0 Å². The van der Waals surface area contributed by atoms with Crippen molar-refractivity contribution in [3.63, 3.8) is 0 Å². The number of esters is 1. The molecule has 0 aliphatic heterocycles. The van der Waals surface area contributed by atoms with Gasteiger partial charge in [0.1, 0.15) is 5.69 Å². The monoisotopic (exact) mass is 272 g/mol. The van der Waals surface area contributed by atoms with E-state index in [0.29, 0.717) is 0 Å². The lowest BCUT2D eigenvalue weighted by atomic mass is 10.2. The van der Waals surface area contributed by atoms with Crippen molar-refractivity contribution in [2.24, 2.45) is 0 Å². The van der Waals surface area contributed by atoms with Crippen LogP contribution in [-0.4, -0.2) is 23.4 Å². The maximum absolute atomic E-state index is 11.3. The van der Waals surface area contributed by atoms with E-state index in [2.05, 4.69) is 10.1 Å². The second-order valence-corrected chi connectivity index (χ2v) is 3.53. The van der Waals surface area contributed by atoms with E-state index in [4.69, 9.17) is 11.6 Å². The van der Waals surface area contributed by atoms with Gasteiger partial charge in [-0.2, -0.15) is 0 Å². The molecule has 0 heterocycles. The molecule has 1 aromatic rings. The molecule has 1 amide bonds. The molecule has 1 rings (SSSR count). The molecular weight excluding hydrogens is 264 g/mol. The van der Waals surface area contributed by atoms with Crippen molar-refractivity contribution >= 4 is 34.9 Å². The predicted molar refractivity (Wildman–Crippen MR) is 63.4 cm³/mol. The number of benzene rings is 1. The Balaban J connectivity index is 2.94. The van der Waals surface area contributed by atoms with Gasteiger partial charge < -0.3 is 10.1 Å². The van der Waals surface area contributed by atoms with Gasteiger partial charge in [-0.15, -0.1) is 0 Å². The minimum absolute atomic E-state index is 0.0367. The molecule has 0 aromatic heterocycles. The summed E-state index contributed by atoms with van der Waals surface area (Å²) in [6, 6.07) is 3.66. The number of halogens is 1. The summed E-state index contributed by atoms with van der Waals surface area (Å²) in [7, 11) is 0. The highest BCUT2D eigenvalue weighted by Gasteiger charge is 2.20. The summed E-state index contributed by atoms with van der Waals surface area (Å²) in [6.07, 6.45) is 0. The van der Waals surface area contributed by atoms with Crippen LogP contribution in [0.25, 0.3) is 0 Å². The minimum Gasteiger partial charge on any atom is -0.459 e. The minimum atomic E-state index is -1.11. The largest absolute Gasteiger partial charge is 0.459 e. The van der Waals surface area contributed by atoms with Crippen molar-refractivity contribution in [1.29, 1.82) is 0 Å². The van der Waals surface area contributed by atoms with Crippen LogP contribution in [0.1, 0.15) is 6.92 Å². The number of carbonyl (C=O) groups is 2. The number of nitro benzene ring substituents is 1. The van der Waals surface area contributed by atoms with E-state index in [-0.39, 0.29) is 17.3 Å². The first-order chi connectivity index (χ1) is 8.45. The average Bonchev–Trinajstić information content (AvgIpc) is 2.31. The number of rotatable bonds is 3. The molecule has 8 heteroatoms. The zero-order valence-corrected chi connectivity index (χ0v) is 10.1. The van der Waals surface area contributed by atoms with Crippen LogP contribution in [-0.2, 0) is 14.3 Å². The van der Waals surface area contributed by atoms with Crippen molar-refractivity contribution < 1.29 is 19.2 Å². The van der Waals surface area contributed by atoms with Crippen LogP contribution in [0.15, 0.2) is 18.2 Å². The highest BCUT2D eigenvalue weighted by molar-refractivity contribution is 6.37. The molecule has 0 fully saturated rings. The van der Waals surface area contributed by atoms with Gasteiger partial charge in [-0.25, -0.2) is 4.79 Å². The molecule has 0 saturated heterocycles. The van der Waals surface area contributed by atoms with Crippen molar-refractivity contribution in [2.45, 2.75) is 6.92 Å². The van der Waals surface area contributed by atoms with Crippen LogP contribution in [0, 0.1) is 10.1 Å². The lowest BCUT2D eigenvalue weighted by Gasteiger charge is -2.05. The first-order valence-corrected chi connectivity index (χ1v) is 5.25.